The van der Waals surface area contributed by atoms with Gasteiger partial charge in [0, 0.05) is 26.5 Å². The van der Waals surface area contributed by atoms with E-state index in [2.05, 4.69) is 32.9 Å². The second-order valence-electron chi connectivity index (χ2n) is 6.54. The van der Waals surface area contributed by atoms with Crippen LogP contribution in [0.4, 0.5) is 11.4 Å². The first kappa shape index (κ1) is 20.3. The molecule has 0 saturated heterocycles. The summed E-state index contributed by atoms with van der Waals surface area (Å²) in [4.78, 5) is 27.5. The minimum Gasteiger partial charge on any atom is -0.436 e. The zero-order chi connectivity index (χ0) is 21.4. The Hall–Kier alpha value is -2.98. The number of aryl methyl sites for hydroxylation is 1. The number of nitrogens with zero attached hydrogens (tertiary/aromatic N) is 2. The number of aromatic nitrogens is 1. The van der Waals surface area contributed by atoms with E-state index in [-0.39, 0.29) is 11.6 Å². The fourth-order valence-electron chi connectivity index (χ4n) is 2.99. The molecule has 7 nitrogen and oxygen atoms in total. The third-order valence-electron chi connectivity index (χ3n) is 4.46. The van der Waals surface area contributed by atoms with Gasteiger partial charge >= 0.3 is 0 Å². The molecule has 0 bridgehead atoms. The number of halogens is 2. The Morgan fingerprint density at radius 1 is 1.17 bits per heavy atom. The second kappa shape index (κ2) is 8.04. The van der Waals surface area contributed by atoms with Crippen LogP contribution >= 0.6 is 34.2 Å². The predicted octanol–water partition coefficient (Wildman–Crippen LogP) is 6.22. The molecule has 0 fully saturated rings. The predicted molar refractivity (Wildman–Crippen MR) is 123 cm³/mol. The van der Waals surface area contributed by atoms with Crippen LogP contribution in [0.1, 0.15) is 15.9 Å². The van der Waals surface area contributed by atoms with Crippen molar-refractivity contribution in [2.75, 3.05) is 5.32 Å². The van der Waals surface area contributed by atoms with E-state index in [1.165, 1.54) is 18.2 Å². The summed E-state index contributed by atoms with van der Waals surface area (Å²) in [6, 6.07) is 14.9. The monoisotopic (exact) mass is 533 g/mol. The molecule has 4 rings (SSSR count). The van der Waals surface area contributed by atoms with Crippen LogP contribution in [0.15, 0.2) is 59.0 Å². The second-order valence-corrected chi connectivity index (χ2v) is 8.19. The summed E-state index contributed by atoms with van der Waals surface area (Å²) in [6.07, 6.45) is 0. The Morgan fingerprint density at radius 3 is 2.70 bits per heavy atom. The number of carbonyl (C=O) groups excluding carboxylic acids is 1. The van der Waals surface area contributed by atoms with Crippen LogP contribution in [-0.2, 0) is 0 Å². The molecule has 1 amide bonds. The maximum absolute atomic E-state index is 12.5. The molecule has 0 aliphatic carbocycles. The smallest absolute Gasteiger partial charge is 0.272 e. The lowest BCUT2D eigenvalue weighted by molar-refractivity contribution is -0.385. The molecule has 0 radical (unpaired) electrons. The SMILES string of the molecule is Cc1cc(C(=O)Nc2ccc3oc(-c4cc(I)ccc4Cl)nc3c2)ccc1[N+](=O)[O-]. The molecule has 9 heteroatoms. The molecule has 0 saturated carbocycles. The zero-order valence-electron chi connectivity index (χ0n) is 15.5. The number of nitro groups is 1. The van der Waals surface area contributed by atoms with E-state index in [0.29, 0.717) is 44.4 Å². The highest BCUT2D eigenvalue weighted by atomic mass is 127. The van der Waals surface area contributed by atoms with Crippen molar-refractivity contribution in [3.8, 4) is 11.5 Å². The molecule has 1 heterocycles. The number of oxazole rings is 1. The number of hydrogen-bond donors (Lipinski definition) is 1. The highest BCUT2D eigenvalue weighted by molar-refractivity contribution is 14.1. The van der Waals surface area contributed by atoms with Crippen LogP contribution in [0.2, 0.25) is 5.02 Å². The Kier molecular flexibility index (Phi) is 5.44. The minimum absolute atomic E-state index is 0.0303. The van der Waals surface area contributed by atoms with E-state index >= 15 is 0 Å². The van der Waals surface area contributed by atoms with Gasteiger partial charge in [0.1, 0.15) is 5.52 Å². The molecule has 0 aliphatic rings. The highest BCUT2D eigenvalue weighted by Gasteiger charge is 2.16. The number of anilines is 1. The van der Waals surface area contributed by atoms with Gasteiger partial charge in [-0.25, -0.2) is 4.98 Å². The van der Waals surface area contributed by atoms with Crippen LogP contribution in [0.3, 0.4) is 0 Å². The number of nitrogens with one attached hydrogen (secondary N) is 1. The van der Waals surface area contributed by atoms with Crippen molar-refractivity contribution in [3.05, 3.63) is 84.4 Å². The van der Waals surface area contributed by atoms with Gasteiger partial charge in [0.05, 0.1) is 15.5 Å². The quantitative estimate of drug-likeness (QED) is 0.191. The summed E-state index contributed by atoms with van der Waals surface area (Å²) in [6.45, 7) is 1.59. The van der Waals surface area contributed by atoms with E-state index in [9.17, 15) is 14.9 Å². The number of amides is 1. The maximum atomic E-state index is 12.5. The van der Waals surface area contributed by atoms with Gasteiger partial charge in [-0.2, -0.15) is 0 Å². The third kappa shape index (κ3) is 4.01. The molecular formula is C21H13ClIN3O4. The zero-order valence-corrected chi connectivity index (χ0v) is 18.4. The largest absolute Gasteiger partial charge is 0.436 e. The standard InChI is InChI=1S/C21H13ClIN3O4/c1-11-8-12(2-6-18(11)26(28)29)20(27)24-14-4-7-19-17(10-14)25-21(30-19)15-9-13(23)3-5-16(15)22/h2-10H,1H3,(H,24,27). The van der Waals surface area contributed by atoms with Crippen molar-refractivity contribution < 1.29 is 14.1 Å². The van der Waals surface area contributed by atoms with Gasteiger partial charge in [-0.1, -0.05) is 11.6 Å². The van der Waals surface area contributed by atoms with Crippen molar-refractivity contribution in [2.45, 2.75) is 6.92 Å². The fourth-order valence-corrected chi connectivity index (χ4v) is 3.68. The van der Waals surface area contributed by atoms with Gasteiger partial charge in [0.15, 0.2) is 5.58 Å². The molecule has 1 aromatic heterocycles. The first-order valence-electron chi connectivity index (χ1n) is 8.74. The third-order valence-corrected chi connectivity index (χ3v) is 5.46. The Balaban J connectivity index is 1.61. The van der Waals surface area contributed by atoms with E-state index < -0.39 is 4.92 Å². The van der Waals surface area contributed by atoms with Gasteiger partial charge in [-0.3, -0.25) is 14.9 Å². The van der Waals surface area contributed by atoms with Crippen molar-refractivity contribution in [1.82, 2.24) is 4.98 Å². The Labute approximate surface area is 189 Å². The number of carbonyl (C=O) groups is 1. The fraction of sp³-hybridized carbons (Fsp3) is 0.0476. The number of fused-ring (bicyclic) bond motifs is 1. The first-order chi connectivity index (χ1) is 14.3. The minimum atomic E-state index is -0.479. The molecule has 4 aromatic rings. The van der Waals surface area contributed by atoms with E-state index in [0.717, 1.165) is 3.57 Å². The maximum Gasteiger partial charge on any atom is 0.272 e. The van der Waals surface area contributed by atoms with E-state index in [1.54, 1.807) is 31.2 Å². The number of hydrogen-bond acceptors (Lipinski definition) is 5. The summed E-state index contributed by atoms with van der Waals surface area (Å²) < 4.78 is 6.81. The molecule has 150 valence electrons. The van der Waals surface area contributed by atoms with Gasteiger partial charge < -0.3 is 9.73 Å². The number of benzene rings is 3. The van der Waals surface area contributed by atoms with Gasteiger partial charge in [0.25, 0.3) is 11.6 Å². The first-order valence-corrected chi connectivity index (χ1v) is 10.2. The van der Waals surface area contributed by atoms with Crippen LogP contribution < -0.4 is 5.32 Å². The number of rotatable bonds is 4. The Morgan fingerprint density at radius 2 is 1.97 bits per heavy atom. The summed E-state index contributed by atoms with van der Waals surface area (Å²) in [5.41, 5.74) is 3.05. The Bertz CT molecular complexity index is 1320. The van der Waals surface area contributed by atoms with Gasteiger partial charge in [-0.15, -0.1) is 0 Å². The van der Waals surface area contributed by atoms with Crippen molar-refractivity contribution in [3.63, 3.8) is 0 Å². The van der Waals surface area contributed by atoms with Crippen molar-refractivity contribution in [2.24, 2.45) is 0 Å². The summed E-state index contributed by atoms with van der Waals surface area (Å²) in [5.74, 6) is 0.0136. The van der Waals surface area contributed by atoms with Crippen LogP contribution in [0, 0.1) is 20.6 Å². The van der Waals surface area contributed by atoms with E-state index in [4.69, 9.17) is 16.0 Å². The molecule has 3 aromatic carbocycles. The highest BCUT2D eigenvalue weighted by Crippen LogP contribution is 2.32. The van der Waals surface area contributed by atoms with E-state index in [1.807, 2.05) is 12.1 Å². The average Bonchev–Trinajstić information content (AvgIpc) is 3.12. The van der Waals surface area contributed by atoms with Crippen LogP contribution in [0.25, 0.3) is 22.6 Å². The lowest BCUT2D eigenvalue weighted by Crippen LogP contribution is -2.12. The molecule has 30 heavy (non-hydrogen) atoms. The normalized spacial score (nSPS) is 10.9. The summed E-state index contributed by atoms with van der Waals surface area (Å²) in [5, 5.41) is 14.3. The van der Waals surface area contributed by atoms with Gasteiger partial charge in [0.2, 0.25) is 5.89 Å². The topological polar surface area (TPSA) is 98.3 Å². The van der Waals surface area contributed by atoms with Gasteiger partial charge in [-0.05, 0) is 78.0 Å². The summed E-state index contributed by atoms with van der Waals surface area (Å²) >= 11 is 8.45. The lowest BCUT2D eigenvalue weighted by Gasteiger charge is -2.06. The van der Waals surface area contributed by atoms with Crippen LogP contribution in [-0.4, -0.2) is 15.8 Å². The molecule has 0 atom stereocenters. The average molecular weight is 534 g/mol. The summed E-state index contributed by atoms with van der Waals surface area (Å²) in [7, 11) is 0. The molecule has 1 N–H and O–H groups in total. The van der Waals surface area contributed by atoms with Crippen LogP contribution in [0.5, 0.6) is 0 Å². The van der Waals surface area contributed by atoms with Crippen molar-refractivity contribution in [1.29, 1.82) is 0 Å². The number of nitro benzene ring substituents is 1. The molecule has 0 aliphatic heterocycles. The molecular weight excluding hydrogens is 521 g/mol. The molecule has 0 spiro atoms. The lowest BCUT2D eigenvalue weighted by atomic mass is 10.1. The molecule has 0 unspecified atom stereocenters. The van der Waals surface area contributed by atoms with Crippen molar-refractivity contribution >= 4 is 62.6 Å².